The summed E-state index contributed by atoms with van der Waals surface area (Å²) in [6.07, 6.45) is 2.28. The molecule has 0 amide bonds. The Hall–Kier alpha value is 1.02. The molecular weight excluding hydrogens is 201 g/mol. The average Bonchev–Trinajstić information content (AvgIpc) is 2.17. The van der Waals surface area contributed by atoms with E-state index in [0.29, 0.717) is 6.04 Å². The number of nitrogens with one attached hydrogen (secondary N) is 1. The van der Waals surface area contributed by atoms with Crippen LogP contribution >= 0.6 is 0 Å². The number of hydrogen-bond donors (Lipinski definition) is 1. The minimum Gasteiger partial charge on any atom is -0.372 e. The van der Waals surface area contributed by atoms with Gasteiger partial charge in [-0.25, -0.2) is 0 Å². The second-order valence-corrected chi connectivity index (χ2v) is 2.52. The molecule has 1 N–H and O–H groups in total. The molecule has 1 fully saturated rings. The fourth-order valence-electron chi connectivity index (χ4n) is 1.13. The third-order valence-electron chi connectivity index (χ3n) is 1.62. The SMILES string of the molecule is [CH2-]CN[C@H]1[CH-]CN(C)C1.[Y]. The number of likely N-dealkylation sites (N-methyl/N-ethyl adjacent to an activating group) is 1. The summed E-state index contributed by atoms with van der Waals surface area (Å²) < 4.78 is 0. The number of rotatable bonds is 2. The fraction of sp³-hybridized carbons (Fsp3) is 0.714. The quantitative estimate of drug-likeness (QED) is 0.648. The summed E-state index contributed by atoms with van der Waals surface area (Å²) in [5.74, 6) is 0. The zero-order valence-electron chi connectivity index (χ0n) is 6.51. The van der Waals surface area contributed by atoms with E-state index in [0.717, 1.165) is 19.6 Å². The molecule has 57 valence electrons. The molecule has 1 aliphatic heterocycles. The Balaban J connectivity index is 0.000000810. The van der Waals surface area contributed by atoms with E-state index in [1.165, 1.54) is 0 Å². The van der Waals surface area contributed by atoms with Crippen LogP contribution in [0.2, 0.25) is 0 Å². The van der Waals surface area contributed by atoms with E-state index < -0.39 is 0 Å². The van der Waals surface area contributed by atoms with Crippen LogP contribution in [0.3, 0.4) is 0 Å². The van der Waals surface area contributed by atoms with Crippen LogP contribution < -0.4 is 5.32 Å². The number of likely N-dealkylation sites (tertiary alicyclic amines) is 1. The first-order chi connectivity index (χ1) is 4.33. The van der Waals surface area contributed by atoms with Crippen LogP contribution in [0.25, 0.3) is 0 Å². The van der Waals surface area contributed by atoms with Gasteiger partial charge >= 0.3 is 0 Å². The van der Waals surface area contributed by atoms with Gasteiger partial charge in [0.1, 0.15) is 0 Å². The second kappa shape index (κ2) is 5.65. The Kier molecular flexibility index (Phi) is 6.22. The van der Waals surface area contributed by atoms with Crippen molar-refractivity contribution in [3.8, 4) is 0 Å². The molecule has 2 nitrogen and oxygen atoms in total. The van der Waals surface area contributed by atoms with Crippen LogP contribution in [0.4, 0.5) is 0 Å². The Labute approximate surface area is 88.6 Å². The molecule has 0 aromatic carbocycles. The van der Waals surface area contributed by atoms with Gasteiger partial charge in [-0.05, 0) is 13.6 Å². The van der Waals surface area contributed by atoms with Crippen LogP contribution in [0.1, 0.15) is 0 Å². The maximum absolute atomic E-state index is 3.72. The van der Waals surface area contributed by atoms with Gasteiger partial charge in [0.25, 0.3) is 0 Å². The van der Waals surface area contributed by atoms with Crippen LogP contribution in [0.15, 0.2) is 0 Å². The molecule has 0 spiro atoms. The molecule has 0 aromatic rings. The van der Waals surface area contributed by atoms with Crippen molar-refractivity contribution < 1.29 is 32.7 Å². The van der Waals surface area contributed by atoms with Gasteiger partial charge in [0, 0.05) is 32.7 Å². The van der Waals surface area contributed by atoms with Crippen LogP contribution in [-0.4, -0.2) is 37.6 Å². The Morgan fingerprint density at radius 3 is 2.90 bits per heavy atom. The first-order valence-corrected chi connectivity index (χ1v) is 3.37. The molecule has 0 saturated carbocycles. The van der Waals surface area contributed by atoms with Gasteiger partial charge in [-0.15, -0.1) is 19.1 Å². The zero-order valence-corrected chi connectivity index (χ0v) is 9.35. The molecular formula is C7H14N2Y-2. The summed E-state index contributed by atoms with van der Waals surface area (Å²) in [5, 5.41) is 3.27. The maximum atomic E-state index is 3.72. The minimum atomic E-state index is 0. The van der Waals surface area contributed by atoms with Gasteiger partial charge in [0.05, 0.1) is 0 Å². The zero-order chi connectivity index (χ0) is 6.69. The standard InChI is InChI=1S/C7H14N2.Y/c1-3-8-7-4-5-9(2)6-7;/h4,7-8H,1,3,5-6H2,2H3;/q-2;/t7-;/m0./s1. The van der Waals surface area contributed by atoms with Crippen molar-refractivity contribution in [2.45, 2.75) is 6.04 Å². The van der Waals surface area contributed by atoms with E-state index >= 15 is 0 Å². The van der Waals surface area contributed by atoms with E-state index in [1.807, 2.05) is 0 Å². The molecule has 10 heavy (non-hydrogen) atoms. The third kappa shape index (κ3) is 3.43. The molecule has 0 bridgehead atoms. The smallest absolute Gasteiger partial charge is 0 e. The van der Waals surface area contributed by atoms with Crippen molar-refractivity contribution >= 4 is 0 Å². The van der Waals surface area contributed by atoms with Crippen molar-refractivity contribution in [1.82, 2.24) is 10.2 Å². The van der Waals surface area contributed by atoms with Crippen LogP contribution in [-0.2, 0) is 32.7 Å². The van der Waals surface area contributed by atoms with Crippen molar-refractivity contribution in [2.75, 3.05) is 26.7 Å². The van der Waals surface area contributed by atoms with Gasteiger partial charge in [0.15, 0.2) is 0 Å². The summed E-state index contributed by atoms with van der Waals surface area (Å²) in [4.78, 5) is 2.29. The first-order valence-electron chi connectivity index (χ1n) is 3.37. The molecule has 1 aliphatic rings. The molecule has 0 unspecified atom stereocenters. The van der Waals surface area contributed by atoms with Crippen molar-refractivity contribution in [1.29, 1.82) is 0 Å². The van der Waals surface area contributed by atoms with Crippen LogP contribution in [0, 0.1) is 13.3 Å². The van der Waals surface area contributed by atoms with Crippen LogP contribution in [0.5, 0.6) is 0 Å². The van der Waals surface area contributed by atoms with Gasteiger partial charge < -0.3 is 17.1 Å². The predicted octanol–water partition coefficient (Wildman–Crippen LogP) is -0.0741. The molecule has 0 aromatic heterocycles. The van der Waals surface area contributed by atoms with E-state index in [2.05, 4.69) is 30.6 Å². The van der Waals surface area contributed by atoms with E-state index in [1.54, 1.807) is 0 Å². The summed E-state index contributed by atoms with van der Waals surface area (Å²) in [7, 11) is 2.13. The number of hydrogen-bond acceptors (Lipinski definition) is 2. The number of nitrogens with zero attached hydrogens (tertiary/aromatic N) is 1. The van der Waals surface area contributed by atoms with E-state index in [9.17, 15) is 0 Å². The van der Waals surface area contributed by atoms with E-state index in [4.69, 9.17) is 0 Å². The van der Waals surface area contributed by atoms with Gasteiger partial charge in [-0.3, -0.25) is 6.42 Å². The monoisotopic (exact) mass is 215 g/mol. The topological polar surface area (TPSA) is 15.3 Å². The normalized spacial score (nSPS) is 26.4. The second-order valence-electron chi connectivity index (χ2n) is 2.52. The van der Waals surface area contributed by atoms with E-state index in [-0.39, 0.29) is 32.7 Å². The Morgan fingerprint density at radius 1 is 1.80 bits per heavy atom. The largest absolute Gasteiger partial charge is 0.372 e. The molecule has 0 aliphatic carbocycles. The van der Waals surface area contributed by atoms with Gasteiger partial charge in [-0.1, -0.05) is 0 Å². The summed E-state index contributed by atoms with van der Waals surface area (Å²) >= 11 is 0. The predicted molar refractivity (Wildman–Crippen MR) is 38.9 cm³/mol. The minimum absolute atomic E-state index is 0. The Bertz CT molecular complexity index is 85.7. The Morgan fingerprint density at radius 2 is 2.50 bits per heavy atom. The summed E-state index contributed by atoms with van der Waals surface area (Å²) in [6.45, 7) is 6.80. The molecule has 1 rings (SSSR count). The van der Waals surface area contributed by atoms with Crippen molar-refractivity contribution in [3.05, 3.63) is 13.3 Å². The van der Waals surface area contributed by atoms with Gasteiger partial charge in [-0.2, -0.15) is 0 Å². The molecule has 1 heterocycles. The molecule has 1 saturated heterocycles. The van der Waals surface area contributed by atoms with Crippen molar-refractivity contribution in [3.63, 3.8) is 0 Å². The fourth-order valence-corrected chi connectivity index (χ4v) is 1.13. The summed E-state index contributed by atoms with van der Waals surface area (Å²) in [6, 6.07) is 0.576. The molecule has 1 radical (unpaired) electrons. The van der Waals surface area contributed by atoms with Crippen molar-refractivity contribution in [2.24, 2.45) is 0 Å². The summed E-state index contributed by atoms with van der Waals surface area (Å²) in [5.41, 5.74) is 0. The molecule has 3 heteroatoms. The first kappa shape index (κ1) is 11.0. The van der Waals surface area contributed by atoms with Gasteiger partial charge in [0.2, 0.25) is 0 Å². The molecule has 1 atom stereocenters. The average molecular weight is 215 g/mol. The maximum Gasteiger partial charge on any atom is 0 e. The third-order valence-corrected chi connectivity index (χ3v) is 1.62.